The number of piperidine rings is 1. The molecule has 3 heteroatoms. The predicted octanol–water partition coefficient (Wildman–Crippen LogP) is 3.70. The summed E-state index contributed by atoms with van der Waals surface area (Å²) in [6.07, 6.45) is 3.80. The Hall–Kier alpha value is -1.58. The van der Waals surface area contributed by atoms with Gasteiger partial charge in [0, 0.05) is 6.04 Å². The molecule has 0 aliphatic carbocycles. The first-order chi connectivity index (χ1) is 11.2. The van der Waals surface area contributed by atoms with Crippen molar-refractivity contribution in [3.63, 3.8) is 0 Å². The van der Waals surface area contributed by atoms with Gasteiger partial charge in [0.25, 0.3) is 0 Å². The largest absolute Gasteiger partial charge is 0.409 e. The Labute approximate surface area is 139 Å². The third-order valence-electron chi connectivity index (χ3n) is 5.50. The molecule has 2 heterocycles. The standard InChI is InChI=1S/C20H24BNO/c1-15-6-10-17(11-7-15)20(18-12-8-16(2)9-13-18)19-5-3-4-14-22(19)21-23-20/h6-13,19,21H,3-5,14H2,1-2H3. The lowest BCUT2D eigenvalue weighted by molar-refractivity contribution is 0.0839. The van der Waals surface area contributed by atoms with E-state index in [-0.39, 0.29) is 5.60 Å². The van der Waals surface area contributed by atoms with Crippen molar-refractivity contribution in [2.45, 2.75) is 44.8 Å². The summed E-state index contributed by atoms with van der Waals surface area (Å²) in [5, 5.41) is 0. The number of hydrogen-bond acceptors (Lipinski definition) is 2. The van der Waals surface area contributed by atoms with E-state index >= 15 is 0 Å². The SMILES string of the molecule is Cc1ccc(C2(c3ccc(C)cc3)OBN3CCCCC32)cc1. The fourth-order valence-electron chi connectivity index (χ4n) is 4.21. The minimum absolute atomic E-state index is 0.318. The number of rotatable bonds is 2. The van der Waals surface area contributed by atoms with Gasteiger partial charge in [-0.05, 0) is 44.4 Å². The Morgan fingerprint density at radius 1 is 0.913 bits per heavy atom. The number of benzene rings is 2. The third-order valence-corrected chi connectivity index (χ3v) is 5.50. The second kappa shape index (κ2) is 5.81. The lowest BCUT2D eigenvalue weighted by Gasteiger charge is -2.41. The molecule has 2 fully saturated rings. The van der Waals surface area contributed by atoms with Crippen molar-refractivity contribution < 1.29 is 4.65 Å². The van der Waals surface area contributed by atoms with Crippen LogP contribution in [0.5, 0.6) is 0 Å². The average molecular weight is 305 g/mol. The van der Waals surface area contributed by atoms with Crippen molar-refractivity contribution in [1.82, 2.24) is 4.81 Å². The lowest BCUT2D eigenvalue weighted by atomic mass is 9.76. The van der Waals surface area contributed by atoms with Crippen molar-refractivity contribution in [3.8, 4) is 0 Å². The molecule has 2 aromatic rings. The molecule has 0 amide bonds. The molecule has 2 saturated heterocycles. The minimum Gasteiger partial charge on any atom is -0.409 e. The number of nitrogens with zero attached hydrogens (tertiary/aromatic N) is 1. The first-order valence-electron chi connectivity index (χ1n) is 8.72. The Morgan fingerprint density at radius 2 is 1.48 bits per heavy atom. The van der Waals surface area contributed by atoms with Crippen LogP contribution in [0.15, 0.2) is 48.5 Å². The maximum absolute atomic E-state index is 6.57. The van der Waals surface area contributed by atoms with Gasteiger partial charge in [0.05, 0.1) is 0 Å². The van der Waals surface area contributed by atoms with Gasteiger partial charge >= 0.3 is 7.62 Å². The van der Waals surface area contributed by atoms with Crippen LogP contribution in [0.2, 0.25) is 0 Å². The Kier molecular flexibility index (Phi) is 3.78. The molecular weight excluding hydrogens is 281 g/mol. The molecular formula is C20H24BNO. The summed E-state index contributed by atoms with van der Waals surface area (Å²) in [6, 6.07) is 18.3. The van der Waals surface area contributed by atoms with E-state index in [2.05, 4.69) is 67.2 Å². The second-order valence-corrected chi connectivity index (χ2v) is 7.07. The zero-order valence-electron chi connectivity index (χ0n) is 14.1. The van der Waals surface area contributed by atoms with E-state index in [1.807, 2.05) is 0 Å². The fourth-order valence-corrected chi connectivity index (χ4v) is 4.21. The van der Waals surface area contributed by atoms with Crippen LogP contribution in [-0.2, 0) is 10.3 Å². The van der Waals surface area contributed by atoms with Crippen LogP contribution >= 0.6 is 0 Å². The minimum atomic E-state index is -0.318. The van der Waals surface area contributed by atoms with E-state index in [9.17, 15) is 0 Å². The van der Waals surface area contributed by atoms with Gasteiger partial charge in [-0.2, -0.15) is 0 Å². The van der Waals surface area contributed by atoms with Gasteiger partial charge in [0.15, 0.2) is 0 Å². The topological polar surface area (TPSA) is 12.5 Å². The highest BCUT2D eigenvalue weighted by Gasteiger charge is 2.51. The highest BCUT2D eigenvalue weighted by molar-refractivity contribution is 6.25. The molecule has 23 heavy (non-hydrogen) atoms. The van der Waals surface area contributed by atoms with E-state index in [1.165, 1.54) is 41.5 Å². The predicted molar refractivity (Wildman–Crippen MR) is 95.7 cm³/mol. The van der Waals surface area contributed by atoms with Gasteiger partial charge in [0.2, 0.25) is 0 Å². The molecule has 0 aromatic heterocycles. The molecule has 0 spiro atoms. The summed E-state index contributed by atoms with van der Waals surface area (Å²) >= 11 is 0. The van der Waals surface area contributed by atoms with Crippen molar-refractivity contribution in [1.29, 1.82) is 0 Å². The monoisotopic (exact) mass is 305 g/mol. The molecule has 2 aliphatic rings. The summed E-state index contributed by atoms with van der Waals surface area (Å²) < 4.78 is 6.57. The lowest BCUT2D eigenvalue weighted by Crippen LogP contribution is -2.46. The van der Waals surface area contributed by atoms with Crippen LogP contribution in [0, 0.1) is 13.8 Å². The van der Waals surface area contributed by atoms with Gasteiger partial charge in [-0.15, -0.1) is 0 Å². The molecule has 2 nitrogen and oxygen atoms in total. The van der Waals surface area contributed by atoms with Crippen LogP contribution in [0.1, 0.15) is 41.5 Å². The average Bonchev–Trinajstić information content (AvgIpc) is 2.97. The van der Waals surface area contributed by atoms with Crippen LogP contribution in [0.4, 0.5) is 0 Å². The normalized spacial score (nSPS) is 23.3. The van der Waals surface area contributed by atoms with Crippen LogP contribution in [0.25, 0.3) is 0 Å². The van der Waals surface area contributed by atoms with E-state index in [1.54, 1.807) is 0 Å². The molecule has 2 aromatic carbocycles. The van der Waals surface area contributed by atoms with E-state index in [0.29, 0.717) is 6.04 Å². The highest BCUT2D eigenvalue weighted by Crippen LogP contribution is 2.46. The first-order valence-corrected chi connectivity index (χ1v) is 8.72. The van der Waals surface area contributed by atoms with Gasteiger partial charge in [-0.3, -0.25) is 0 Å². The quantitative estimate of drug-likeness (QED) is 0.785. The van der Waals surface area contributed by atoms with Crippen LogP contribution in [0.3, 0.4) is 0 Å². The molecule has 2 aliphatic heterocycles. The summed E-state index contributed by atoms with van der Waals surface area (Å²) in [6.45, 7) is 5.44. The Bertz CT molecular complexity index is 634. The molecule has 0 radical (unpaired) electrons. The Morgan fingerprint density at radius 3 is 2.04 bits per heavy atom. The summed E-state index contributed by atoms with van der Waals surface area (Å²) in [5.74, 6) is 0. The Balaban J connectivity index is 1.86. The maximum Gasteiger partial charge on any atom is 0.364 e. The van der Waals surface area contributed by atoms with Crippen LogP contribution in [-0.4, -0.2) is 25.0 Å². The van der Waals surface area contributed by atoms with Crippen LogP contribution < -0.4 is 0 Å². The summed E-state index contributed by atoms with van der Waals surface area (Å²) in [4.78, 5) is 2.53. The van der Waals surface area contributed by atoms with Crippen molar-refractivity contribution in [3.05, 3.63) is 70.8 Å². The van der Waals surface area contributed by atoms with Gasteiger partial charge in [0.1, 0.15) is 5.60 Å². The smallest absolute Gasteiger partial charge is 0.364 e. The molecule has 0 bridgehead atoms. The zero-order chi connectivity index (χ0) is 15.9. The van der Waals surface area contributed by atoms with E-state index in [0.717, 1.165) is 14.2 Å². The fraction of sp³-hybridized carbons (Fsp3) is 0.400. The second-order valence-electron chi connectivity index (χ2n) is 7.07. The molecule has 1 atom stereocenters. The number of fused-ring (bicyclic) bond motifs is 1. The number of aryl methyl sites for hydroxylation is 2. The zero-order valence-corrected chi connectivity index (χ0v) is 14.1. The van der Waals surface area contributed by atoms with Gasteiger partial charge in [-0.25, -0.2) is 0 Å². The molecule has 1 unspecified atom stereocenters. The van der Waals surface area contributed by atoms with E-state index < -0.39 is 0 Å². The van der Waals surface area contributed by atoms with Gasteiger partial charge < -0.3 is 9.47 Å². The molecule has 0 saturated carbocycles. The van der Waals surface area contributed by atoms with E-state index in [4.69, 9.17) is 4.65 Å². The van der Waals surface area contributed by atoms with Gasteiger partial charge in [-0.1, -0.05) is 66.1 Å². The van der Waals surface area contributed by atoms with Crippen molar-refractivity contribution in [2.75, 3.05) is 6.54 Å². The highest BCUT2D eigenvalue weighted by atomic mass is 16.5. The molecule has 4 rings (SSSR count). The molecule has 0 N–H and O–H groups in total. The first kappa shape index (κ1) is 15.0. The summed E-state index contributed by atoms with van der Waals surface area (Å²) in [7, 11) is 0.742. The van der Waals surface area contributed by atoms with Crippen molar-refractivity contribution in [2.24, 2.45) is 0 Å². The summed E-state index contributed by atoms with van der Waals surface area (Å²) in [5.41, 5.74) is 4.86. The maximum atomic E-state index is 6.57. The third kappa shape index (κ3) is 2.43. The molecule has 118 valence electrons. The van der Waals surface area contributed by atoms with Crippen molar-refractivity contribution >= 4 is 7.62 Å². The number of hydrogen-bond donors (Lipinski definition) is 0.